The molecule has 9 nitrogen and oxygen atoms in total. The average Bonchev–Trinajstić information content (AvgIpc) is 3.51. The van der Waals surface area contributed by atoms with E-state index in [9.17, 15) is 9.18 Å². The molecule has 1 fully saturated rings. The summed E-state index contributed by atoms with van der Waals surface area (Å²) in [7, 11) is 0. The highest BCUT2D eigenvalue weighted by Crippen LogP contribution is 2.44. The monoisotopic (exact) mass is 552 g/mol. The first-order valence-electron chi connectivity index (χ1n) is 12.7. The summed E-state index contributed by atoms with van der Waals surface area (Å²) in [6, 6.07) is 7.69. The molecule has 2 aliphatic rings. The van der Waals surface area contributed by atoms with Crippen LogP contribution in [0.15, 0.2) is 36.5 Å². The number of carbonyl (C=O) groups excluding carboxylic acids is 1. The number of carbonyl (C=O) groups is 1. The smallest absolute Gasteiger partial charge is 0.223 e. The van der Waals surface area contributed by atoms with Gasteiger partial charge >= 0.3 is 0 Å². The van der Waals surface area contributed by atoms with Crippen molar-refractivity contribution >= 4 is 22.4 Å². The summed E-state index contributed by atoms with van der Waals surface area (Å²) in [5, 5.41) is 8.10. The molecule has 6 rings (SSSR count). The Morgan fingerprint density at radius 1 is 1.18 bits per heavy atom. The van der Waals surface area contributed by atoms with E-state index >= 15 is 4.39 Å². The fraction of sp³-hybridized carbons (Fsp3) is 0.333. The van der Waals surface area contributed by atoms with Gasteiger partial charge in [-0.3, -0.25) is 9.69 Å². The first kappa shape index (κ1) is 25.5. The van der Waals surface area contributed by atoms with E-state index in [1.165, 1.54) is 36.6 Å². The van der Waals surface area contributed by atoms with Gasteiger partial charge in [-0.2, -0.15) is 9.49 Å². The SMILES string of the molecule is CC(=O)Nc1nc2c(s1)-c1c(c(-c3ccc(F)nc3)nn1-c1ccc(OCCN3CCOCC3)c(F)c1)CC2. The molecule has 0 spiro atoms. The molecule has 4 heterocycles. The van der Waals surface area contributed by atoms with Gasteiger partial charge in [0.1, 0.15) is 6.61 Å². The Balaban J connectivity index is 1.35. The number of anilines is 1. The molecule has 0 saturated carbocycles. The zero-order chi connectivity index (χ0) is 26.9. The molecular weight excluding hydrogens is 526 g/mol. The Labute approximate surface area is 227 Å². The van der Waals surface area contributed by atoms with Crippen molar-refractivity contribution in [2.75, 3.05) is 44.8 Å². The van der Waals surface area contributed by atoms with E-state index in [4.69, 9.17) is 14.6 Å². The van der Waals surface area contributed by atoms with Gasteiger partial charge in [-0.05, 0) is 37.1 Å². The molecule has 1 amide bonds. The fourth-order valence-corrected chi connectivity index (χ4v) is 5.97. The zero-order valence-electron chi connectivity index (χ0n) is 21.2. The Morgan fingerprint density at radius 3 is 2.77 bits per heavy atom. The van der Waals surface area contributed by atoms with Crippen LogP contribution in [0.1, 0.15) is 18.2 Å². The van der Waals surface area contributed by atoms with E-state index in [0.717, 1.165) is 34.9 Å². The highest BCUT2D eigenvalue weighted by molar-refractivity contribution is 7.19. The third kappa shape index (κ3) is 5.27. The largest absolute Gasteiger partial charge is 0.489 e. The van der Waals surface area contributed by atoms with Gasteiger partial charge in [0.2, 0.25) is 11.9 Å². The van der Waals surface area contributed by atoms with Crippen LogP contribution in [-0.4, -0.2) is 70.0 Å². The van der Waals surface area contributed by atoms with Crippen molar-refractivity contribution in [3.63, 3.8) is 0 Å². The summed E-state index contributed by atoms with van der Waals surface area (Å²) in [4.78, 5) is 23.1. The molecule has 3 aromatic heterocycles. The number of aryl methyl sites for hydroxylation is 1. The highest BCUT2D eigenvalue weighted by atomic mass is 32.1. The third-order valence-electron chi connectivity index (χ3n) is 6.72. The minimum absolute atomic E-state index is 0.169. The maximum absolute atomic E-state index is 15.2. The number of morpholine rings is 1. The lowest BCUT2D eigenvalue weighted by Gasteiger charge is -2.26. The van der Waals surface area contributed by atoms with Crippen LogP contribution in [0.2, 0.25) is 0 Å². The van der Waals surface area contributed by atoms with E-state index in [2.05, 4.69) is 20.2 Å². The number of hydrogen-bond donors (Lipinski definition) is 1. The molecule has 39 heavy (non-hydrogen) atoms. The van der Waals surface area contributed by atoms with Crippen LogP contribution in [0, 0.1) is 11.8 Å². The highest BCUT2D eigenvalue weighted by Gasteiger charge is 2.30. The van der Waals surface area contributed by atoms with Crippen LogP contribution >= 0.6 is 11.3 Å². The third-order valence-corrected chi connectivity index (χ3v) is 7.74. The van der Waals surface area contributed by atoms with E-state index in [1.54, 1.807) is 22.9 Å². The molecule has 0 unspecified atom stereocenters. The van der Waals surface area contributed by atoms with Crippen molar-refractivity contribution in [2.45, 2.75) is 19.8 Å². The number of pyridine rings is 1. The molecule has 1 saturated heterocycles. The normalized spacial score (nSPS) is 15.1. The number of thiazole rings is 1. The van der Waals surface area contributed by atoms with Gasteiger partial charge in [0.05, 0.1) is 40.9 Å². The number of nitrogens with one attached hydrogen (secondary N) is 1. The van der Waals surface area contributed by atoms with Crippen molar-refractivity contribution < 1.29 is 23.0 Å². The minimum Gasteiger partial charge on any atom is -0.489 e. The summed E-state index contributed by atoms with van der Waals surface area (Å²) in [6.45, 7) is 5.56. The zero-order valence-corrected chi connectivity index (χ0v) is 22.1. The topological polar surface area (TPSA) is 94.4 Å². The number of nitrogens with zero attached hydrogens (tertiary/aromatic N) is 5. The van der Waals surface area contributed by atoms with Gasteiger partial charge in [-0.15, -0.1) is 0 Å². The summed E-state index contributed by atoms with van der Waals surface area (Å²) >= 11 is 1.35. The maximum atomic E-state index is 15.2. The maximum Gasteiger partial charge on any atom is 0.223 e. The molecule has 0 bridgehead atoms. The molecule has 1 N–H and O–H groups in total. The number of ether oxygens (including phenoxy) is 2. The van der Waals surface area contributed by atoms with Gasteiger partial charge in [-0.1, -0.05) is 11.3 Å². The summed E-state index contributed by atoms with van der Waals surface area (Å²) in [6.07, 6.45) is 2.72. The van der Waals surface area contributed by atoms with E-state index in [0.29, 0.717) is 61.3 Å². The Bertz CT molecular complexity index is 1510. The first-order valence-corrected chi connectivity index (χ1v) is 13.5. The van der Waals surface area contributed by atoms with Crippen molar-refractivity contribution in [1.82, 2.24) is 24.6 Å². The van der Waals surface area contributed by atoms with Crippen LogP contribution in [0.25, 0.3) is 27.5 Å². The van der Waals surface area contributed by atoms with Crippen molar-refractivity contribution in [2.24, 2.45) is 0 Å². The van der Waals surface area contributed by atoms with Crippen LogP contribution < -0.4 is 10.1 Å². The second-order valence-electron chi connectivity index (χ2n) is 9.35. The first-order chi connectivity index (χ1) is 19.0. The van der Waals surface area contributed by atoms with Crippen molar-refractivity contribution in [1.29, 1.82) is 0 Å². The van der Waals surface area contributed by atoms with Gasteiger partial charge in [0.15, 0.2) is 16.7 Å². The molecule has 202 valence electrons. The van der Waals surface area contributed by atoms with E-state index in [-0.39, 0.29) is 11.7 Å². The standard InChI is InChI=1S/C27H26F2N6O3S/c1-16(36)31-27-32-21-5-4-19-24(17-2-7-23(29)30-15-17)33-35(25(19)26(21)39-27)18-3-6-22(20(28)14-18)38-13-10-34-8-11-37-12-9-34/h2-3,6-7,14-15H,4-5,8-13H2,1H3,(H,31,32,36). The Hall–Kier alpha value is -3.74. The molecule has 1 aliphatic heterocycles. The van der Waals surface area contributed by atoms with Crippen LogP contribution in [0.5, 0.6) is 5.75 Å². The molecule has 12 heteroatoms. The van der Waals surface area contributed by atoms with E-state index < -0.39 is 11.8 Å². The van der Waals surface area contributed by atoms with Gasteiger partial charge in [-0.25, -0.2) is 19.0 Å². The summed E-state index contributed by atoms with van der Waals surface area (Å²) in [5.74, 6) is -1.12. The average molecular weight is 553 g/mol. The van der Waals surface area contributed by atoms with Gasteiger partial charge < -0.3 is 14.8 Å². The number of benzene rings is 1. The van der Waals surface area contributed by atoms with Gasteiger partial charge in [0.25, 0.3) is 0 Å². The van der Waals surface area contributed by atoms with Crippen molar-refractivity contribution in [3.8, 4) is 33.3 Å². The molecule has 1 aromatic carbocycles. The minimum atomic E-state index is -0.581. The van der Waals surface area contributed by atoms with E-state index in [1.807, 2.05) is 0 Å². The van der Waals surface area contributed by atoms with Crippen LogP contribution in [0.3, 0.4) is 0 Å². The number of rotatable bonds is 7. The number of halogens is 2. The van der Waals surface area contributed by atoms with Crippen molar-refractivity contribution in [3.05, 3.63) is 59.6 Å². The predicted octanol–water partition coefficient (Wildman–Crippen LogP) is 4.10. The second-order valence-corrected chi connectivity index (χ2v) is 10.3. The molecule has 1 aliphatic carbocycles. The van der Waals surface area contributed by atoms with Crippen LogP contribution in [0.4, 0.5) is 13.9 Å². The summed E-state index contributed by atoms with van der Waals surface area (Å²) < 4.78 is 41.6. The molecule has 0 atom stereocenters. The molecular formula is C27H26F2N6O3S. The Kier molecular flexibility index (Phi) is 7.07. The lowest BCUT2D eigenvalue weighted by Crippen LogP contribution is -2.38. The lowest BCUT2D eigenvalue weighted by atomic mass is 9.95. The quantitative estimate of drug-likeness (QED) is 0.345. The number of amides is 1. The molecule has 4 aromatic rings. The Morgan fingerprint density at radius 2 is 2.03 bits per heavy atom. The number of hydrogen-bond acceptors (Lipinski definition) is 8. The summed E-state index contributed by atoms with van der Waals surface area (Å²) in [5.41, 5.74) is 4.34. The van der Waals surface area contributed by atoms with Gasteiger partial charge in [0, 0.05) is 49.9 Å². The van der Waals surface area contributed by atoms with Crippen LogP contribution in [-0.2, 0) is 22.4 Å². The number of aromatic nitrogens is 4. The second kappa shape index (κ2) is 10.8. The lowest BCUT2D eigenvalue weighted by molar-refractivity contribution is -0.114. The fourth-order valence-electron chi connectivity index (χ4n) is 4.86. The predicted molar refractivity (Wildman–Crippen MR) is 142 cm³/mol. The molecule has 0 radical (unpaired) electrons. The number of fused-ring (bicyclic) bond motifs is 3.